The number of ether oxygens (including phenoxy) is 2. The van der Waals surface area contributed by atoms with Gasteiger partial charge in [-0.25, -0.2) is 0 Å². The lowest BCUT2D eigenvalue weighted by molar-refractivity contribution is -0.148. The third-order valence-electron chi connectivity index (χ3n) is 4.36. The van der Waals surface area contributed by atoms with Crippen molar-refractivity contribution in [1.29, 1.82) is 0 Å². The van der Waals surface area contributed by atoms with Gasteiger partial charge < -0.3 is 9.47 Å². The molecule has 110 valence electrons. The number of hydrogen-bond acceptors (Lipinski definition) is 4. The predicted molar refractivity (Wildman–Crippen MR) is 78.7 cm³/mol. The monoisotopic (exact) mass is 286 g/mol. The minimum absolute atomic E-state index is 0.00562. The minimum Gasteiger partial charge on any atom is -0.375 e. The van der Waals surface area contributed by atoms with Crippen LogP contribution >= 0.6 is 11.8 Å². The zero-order valence-electron chi connectivity index (χ0n) is 12.2. The molecule has 2 atom stereocenters. The molecule has 0 saturated carbocycles. The second-order valence-corrected chi connectivity index (χ2v) is 6.81. The van der Waals surface area contributed by atoms with E-state index >= 15 is 0 Å². The zero-order chi connectivity index (χ0) is 13.7. The molecule has 4 heteroatoms. The van der Waals surface area contributed by atoms with E-state index in [2.05, 4.69) is 0 Å². The van der Waals surface area contributed by atoms with Crippen molar-refractivity contribution in [1.82, 2.24) is 0 Å². The maximum atomic E-state index is 12.6. The van der Waals surface area contributed by atoms with Crippen molar-refractivity contribution >= 4 is 17.5 Å². The van der Waals surface area contributed by atoms with E-state index < -0.39 is 0 Å². The van der Waals surface area contributed by atoms with E-state index in [0.29, 0.717) is 12.4 Å². The molecular formula is C15H26O3S. The second-order valence-electron chi connectivity index (χ2n) is 5.59. The van der Waals surface area contributed by atoms with Gasteiger partial charge in [-0.1, -0.05) is 6.92 Å². The molecular weight excluding hydrogens is 260 g/mol. The summed E-state index contributed by atoms with van der Waals surface area (Å²) in [6, 6.07) is 0. The van der Waals surface area contributed by atoms with Crippen molar-refractivity contribution in [3.63, 3.8) is 0 Å². The van der Waals surface area contributed by atoms with Gasteiger partial charge in [-0.3, -0.25) is 4.79 Å². The van der Waals surface area contributed by atoms with E-state index in [1.807, 2.05) is 25.6 Å². The lowest BCUT2D eigenvalue weighted by Crippen LogP contribution is -2.46. The molecule has 0 N–H and O–H groups in total. The molecule has 0 aromatic carbocycles. The lowest BCUT2D eigenvalue weighted by Gasteiger charge is -2.43. The van der Waals surface area contributed by atoms with Crippen LogP contribution in [0.4, 0.5) is 0 Å². The zero-order valence-corrected chi connectivity index (χ0v) is 13.0. The highest BCUT2D eigenvalue weighted by Gasteiger charge is 2.42. The van der Waals surface area contributed by atoms with Gasteiger partial charge in [0, 0.05) is 19.1 Å². The van der Waals surface area contributed by atoms with Gasteiger partial charge in [0.05, 0.1) is 5.60 Å². The van der Waals surface area contributed by atoms with Gasteiger partial charge in [0.2, 0.25) is 0 Å². The molecule has 0 aromatic rings. The van der Waals surface area contributed by atoms with Crippen LogP contribution in [0, 0.1) is 5.92 Å². The largest absolute Gasteiger partial charge is 0.375 e. The van der Waals surface area contributed by atoms with Crippen LogP contribution in [-0.4, -0.2) is 42.2 Å². The van der Waals surface area contributed by atoms with E-state index in [4.69, 9.17) is 9.47 Å². The van der Waals surface area contributed by atoms with E-state index in [-0.39, 0.29) is 17.6 Å². The molecule has 2 aliphatic heterocycles. The van der Waals surface area contributed by atoms with Gasteiger partial charge >= 0.3 is 0 Å². The van der Waals surface area contributed by atoms with Crippen molar-refractivity contribution in [2.45, 2.75) is 57.7 Å². The topological polar surface area (TPSA) is 35.5 Å². The summed E-state index contributed by atoms with van der Waals surface area (Å²) in [6.07, 6.45) is 4.57. The van der Waals surface area contributed by atoms with Crippen molar-refractivity contribution in [2.75, 3.05) is 24.7 Å². The van der Waals surface area contributed by atoms with Crippen molar-refractivity contribution in [3.05, 3.63) is 0 Å². The third-order valence-corrected chi connectivity index (χ3v) is 5.34. The fraction of sp³-hybridized carbons (Fsp3) is 0.933. The van der Waals surface area contributed by atoms with Crippen LogP contribution in [0.15, 0.2) is 0 Å². The Morgan fingerprint density at radius 3 is 2.79 bits per heavy atom. The van der Waals surface area contributed by atoms with Crippen molar-refractivity contribution < 1.29 is 14.3 Å². The van der Waals surface area contributed by atoms with Crippen LogP contribution in [-0.2, 0) is 14.3 Å². The standard InChI is InChI=1S/C15H26O3S/c1-3-13(17-4-2)14(16)12-5-8-18-15(11-12)6-9-19-10-7-15/h12-13H,3-11H2,1-2H3. The third kappa shape index (κ3) is 3.73. The Hall–Kier alpha value is -0.0600. The molecule has 2 unspecified atom stereocenters. The van der Waals surface area contributed by atoms with Crippen molar-refractivity contribution in [2.24, 2.45) is 5.92 Å². The number of ketones is 1. The Morgan fingerprint density at radius 2 is 2.16 bits per heavy atom. The smallest absolute Gasteiger partial charge is 0.164 e. The molecule has 19 heavy (non-hydrogen) atoms. The average molecular weight is 286 g/mol. The van der Waals surface area contributed by atoms with Gasteiger partial charge in [0.25, 0.3) is 0 Å². The molecule has 2 rings (SSSR count). The molecule has 0 bridgehead atoms. The molecule has 0 aromatic heterocycles. The van der Waals surface area contributed by atoms with Crippen LogP contribution in [0.1, 0.15) is 46.0 Å². The van der Waals surface area contributed by atoms with E-state index in [1.54, 1.807) is 0 Å². The Morgan fingerprint density at radius 1 is 1.42 bits per heavy atom. The summed E-state index contributed by atoms with van der Waals surface area (Å²) in [5, 5.41) is 0. The summed E-state index contributed by atoms with van der Waals surface area (Å²) >= 11 is 2.00. The average Bonchev–Trinajstić information content (AvgIpc) is 2.45. The second kappa shape index (κ2) is 7.09. The highest BCUT2D eigenvalue weighted by Crippen LogP contribution is 2.40. The summed E-state index contributed by atoms with van der Waals surface area (Å²) in [5.41, 5.74) is -0.00562. The normalized spacial score (nSPS) is 28.2. The summed E-state index contributed by atoms with van der Waals surface area (Å²) in [6.45, 7) is 5.35. The summed E-state index contributed by atoms with van der Waals surface area (Å²) in [7, 11) is 0. The van der Waals surface area contributed by atoms with E-state index in [1.165, 1.54) is 11.5 Å². The lowest BCUT2D eigenvalue weighted by atomic mass is 9.79. The molecule has 2 fully saturated rings. The number of carbonyl (C=O) groups excluding carboxylic acids is 1. The quantitative estimate of drug-likeness (QED) is 0.778. The molecule has 0 aliphatic carbocycles. The van der Waals surface area contributed by atoms with Gasteiger partial charge in [0.15, 0.2) is 5.78 Å². The predicted octanol–water partition coefficient (Wildman–Crippen LogP) is 3.06. The fourth-order valence-corrected chi connectivity index (χ4v) is 4.46. The first-order valence-electron chi connectivity index (χ1n) is 7.58. The molecule has 1 spiro atoms. The van der Waals surface area contributed by atoms with Crippen LogP contribution in [0.2, 0.25) is 0 Å². The highest BCUT2D eigenvalue weighted by molar-refractivity contribution is 7.99. The minimum atomic E-state index is -0.205. The molecule has 3 nitrogen and oxygen atoms in total. The van der Waals surface area contributed by atoms with Gasteiger partial charge in [-0.2, -0.15) is 11.8 Å². The van der Waals surface area contributed by atoms with Crippen LogP contribution in [0.3, 0.4) is 0 Å². The molecule has 2 heterocycles. The van der Waals surface area contributed by atoms with Crippen LogP contribution in [0.5, 0.6) is 0 Å². The molecule has 0 radical (unpaired) electrons. The maximum Gasteiger partial charge on any atom is 0.164 e. The number of carbonyl (C=O) groups is 1. The molecule has 0 amide bonds. The van der Waals surface area contributed by atoms with Gasteiger partial charge in [-0.15, -0.1) is 0 Å². The Labute approximate surface area is 120 Å². The Kier molecular flexibility index (Phi) is 5.72. The highest BCUT2D eigenvalue weighted by atomic mass is 32.2. The number of rotatable bonds is 5. The maximum absolute atomic E-state index is 12.6. The van der Waals surface area contributed by atoms with Crippen molar-refractivity contribution in [3.8, 4) is 0 Å². The SMILES string of the molecule is CCOC(CC)C(=O)C1CCOC2(CCSCC2)C1. The van der Waals surface area contributed by atoms with E-state index in [9.17, 15) is 4.79 Å². The summed E-state index contributed by atoms with van der Waals surface area (Å²) < 4.78 is 11.6. The Bertz CT molecular complexity index is 294. The summed E-state index contributed by atoms with van der Waals surface area (Å²) in [4.78, 5) is 12.6. The van der Waals surface area contributed by atoms with Crippen LogP contribution < -0.4 is 0 Å². The van der Waals surface area contributed by atoms with E-state index in [0.717, 1.165) is 38.7 Å². The molecule has 2 saturated heterocycles. The summed E-state index contributed by atoms with van der Waals surface area (Å²) in [5.74, 6) is 2.80. The number of hydrogen-bond donors (Lipinski definition) is 0. The van der Waals surface area contributed by atoms with Gasteiger partial charge in [-0.05, 0) is 50.5 Å². The first-order valence-corrected chi connectivity index (χ1v) is 8.73. The first-order chi connectivity index (χ1) is 9.21. The van der Waals surface area contributed by atoms with Crippen LogP contribution in [0.25, 0.3) is 0 Å². The fourth-order valence-electron chi connectivity index (χ4n) is 3.23. The molecule has 2 aliphatic rings. The number of thioether (sulfide) groups is 1. The number of Topliss-reactive ketones (excluding diaryl/α,β-unsaturated/α-hetero) is 1. The first kappa shape index (κ1) is 15.3. The Balaban J connectivity index is 1.97. The van der Waals surface area contributed by atoms with Gasteiger partial charge in [0.1, 0.15) is 6.10 Å².